The third-order valence-corrected chi connectivity index (χ3v) is 4.87. The number of benzene rings is 1. The second-order valence-corrected chi connectivity index (χ2v) is 6.49. The fraction of sp³-hybridized carbons (Fsp3) is 0.500. The molecule has 0 amide bonds. The predicted octanol–water partition coefficient (Wildman–Crippen LogP) is 1.04. The third kappa shape index (κ3) is 3.25. The van der Waals surface area contributed by atoms with Crippen molar-refractivity contribution in [2.75, 3.05) is 26.8 Å². The fourth-order valence-corrected chi connectivity index (χ4v) is 3.64. The first-order valence-corrected chi connectivity index (χ1v) is 8.43. The molecule has 1 aromatic carbocycles. The molecule has 1 aromatic rings. The maximum atomic E-state index is 12.5. The molecule has 116 valence electrons. The zero-order valence-corrected chi connectivity index (χ0v) is 13.3. The first kappa shape index (κ1) is 15.9. The van der Waals surface area contributed by atoms with E-state index < -0.39 is 10.0 Å². The summed E-state index contributed by atoms with van der Waals surface area (Å²) in [4.78, 5) is 4.41. The predicted molar refractivity (Wildman–Crippen MR) is 82.1 cm³/mol. The summed E-state index contributed by atoms with van der Waals surface area (Å²) in [6.45, 7) is 5.03. The van der Waals surface area contributed by atoms with Crippen molar-refractivity contribution < 1.29 is 13.2 Å². The molecule has 1 aliphatic heterocycles. The smallest absolute Gasteiger partial charge is 0.241 e. The van der Waals surface area contributed by atoms with Gasteiger partial charge < -0.3 is 10.1 Å². The van der Waals surface area contributed by atoms with Crippen molar-refractivity contribution in [2.24, 2.45) is 4.99 Å². The van der Waals surface area contributed by atoms with Crippen LogP contribution in [0, 0.1) is 0 Å². The quantitative estimate of drug-likeness (QED) is 0.769. The number of hydrogen-bond acceptors (Lipinski definition) is 4. The van der Waals surface area contributed by atoms with Gasteiger partial charge in [0.2, 0.25) is 10.0 Å². The van der Waals surface area contributed by atoms with Gasteiger partial charge in [0, 0.05) is 25.8 Å². The molecule has 0 saturated carbocycles. The average molecular weight is 311 g/mol. The van der Waals surface area contributed by atoms with Crippen LogP contribution in [0.25, 0.3) is 0 Å². The van der Waals surface area contributed by atoms with Crippen molar-refractivity contribution in [3.63, 3.8) is 0 Å². The molecule has 0 aliphatic carbocycles. The molecular weight excluding hydrogens is 290 g/mol. The van der Waals surface area contributed by atoms with Crippen LogP contribution in [0.15, 0.2) is 28.1 Å². The van der Waals surface area contributed by atoms with E-state index in [-0.39, 0.29) is 17.5 Å². The number of hydrogen-bond donors (Lipinski definition) is 2. The molecule has 0 saturated heterocycles. The highest BCUT2D eigenvalue weighted by atomic mass is 32.2. The van der Waals surface area contributed by atoms with Gasteiger partial charge in [-0.05, 0) is 25.5 Å². The molecule has 21 heavy (non-hydrogen) atoms. The monoisotopic (exact) mass is 311 g/mol. The molecule has 0 fully saturated rings. The van der Waals surface area contributed by atoms with Crippen LogP contribution in [-0.4, -0.2) is 41.1 Å². The molecule has 1 atom stereocenters. The molecule has 2 rings (SSSR count). The van der Waals surface area contributed by atoms with E-state index in [1.165, 1.54) is 0 Å². The SMILES string of the molecule is CCOCCNS(=O)(=O)c1cccc2c1C(=NC)NC2C. The number of ether oxygens (including phenoxy) is 1. The van der Waals surface area contributed by atoms with Gasteiger partial charge >= 0.3 is 0 Å². The lowest BCUT2D eigenvalue weighted by atomic mass is 10.1. The van der Waals surface area contributed by atoms with Crippen molar-refractivity contribution >= 4 is 15.9 Å². The number of rotatable bonds is 6. The summed E-state index contributed by atoms with van der Waals surface area (Å²) < 4.78 is 32.7. The van der Waals surface area contributed by atoms with E-state index in [0.29, 0.717) is 24.6 Å². The number of sulfonamides is 1. The molecule has 1 heterocycles. The van der Waals surface area contributed by atoms with Crippen molar-refractivity contribution in [1.29, 1.82) is 0 Å². The minimum absolute atomic E-state index is 0.0530. The first-order chi connectivity index (χ1) is 10.0. The van der Waals surface area contributed by atoms with Crippen LogP contribution in [0.1, 0.15) is 31.0 Å². The Labute approximate surface area is 125 Å². The normalized spacial score (nSPS) is 19.6. The first-order valence-electron chi connectivity index (χ1n) is 6.95. The van der Waals surface area contributed by atoms with E-state index in [0.717, 1.165) is 5.56 Å². The summed E-state index contributed by atoms with van der Waals surface area (Å²) in [7, 11) is -1.93. The van der Waals surface area contributed by atoms with Crippen molar-refractivity contribution in [3.05, 3.63) is 29.3 Å². The zero-order chi connectivity index (χ0) is 15.5. The summed E-state index contributed by atoms with van der Waals surface area (Å²) in [5, 5.41) is 3.19. The Hall–Kier alpha value is -1.44. The maximum absolute atomic E-state index is 12.5. The highest BCUT2D eigenvalue weighted by Crippen LogP contribution is 2.30. The molecule has 2 N–H and O–H groups in total. The molecule has 7 heteroatoms. The van der Waals surface area contributed by atoms with Gasteiger partial charge in [-0.15, -0.1) is 0 Å². The molecule has 0 spiro atoms. The molecule has 0 radical (unpaired) electrons. The van der Waals surface area contributed by atoms with E-state index >= 15 is 0 Å². The molecule has 6 nitrogen and oxygen atoms in total. The third-order valence-electron chi connectivity index (χ3n) is 3.37. The van der Waals surface area contributed by atoms with Crippen molar-refractivity contribution in [1.82, 2.24) is 10.0 Å². The second-order valence-electron chi connectivity index (χ2n) is 4.75. The summed E-state index contributed by atoms with van der Waals surface area (Å²) in [6.07, 6.45) is 0. The number of fused-ring (bicyclic) bond motifs is 1. The van der Waals surface area contributed by atoms with E-state index in [1.807, 2.05) is 19.9 Å². The lowest BCUT2D eigenvalue weighted by molar-refractivity contribution is 0.153. The number of nitrogens with one attached hydrogen (secondary N) is 2. The van der Waals surface area contributed by atoms with Crippen LogP contribution in [0.4, 0.5) is 0 Å². The minimum Gasteiger partial charge on any atom is -0.380 e. The average Bonchev–Trinajstić information content (AvgIpc) is 2.80. The number of nitrogens with zero attached hydrogens (tertiary/aromatic N) is 1. The molecule has 0 bridgehead atoms. The van der Waals surface area contributed by atoms with Gasteiger partial charge in [-0.25, -0.2) is 13.1 Å². The molecule has 0 aromatic heterocycles. The molecule has 1 unspecified atom stereocenters. The van der Waals surface area contributed by atoms with Gasteiger partial charge in [-0.1, -0.05) is 12.1 Å². The molecular formula is C14H21N3O3S. The second kappa shape index (κ2) is 6.55. The van der Waals surface area contributed by atoms with Crippen LogP contribution in [0.5, 0.6) is 0 Å². The van der Waals surface area contributed by atoms with E-state index in [9.17, 15) is 8.42 Å². The summed E-state index contributed by atoms with van der Waals surface area (Å²) >= 11 is 0. The van der Waals surface area contributed by atoms with E-state index in [1.54, 1.807) is 19.2 Å². The van der Waals surface area contributed by atoms with Crippen LogP contribution in [0.3, 0.4) is 0 Å². The molecule has 1 aliphatic rings. The Morgan fingerprint density at radius 2 is 2.19 bits per heavy atom. The van der Waals surface area contributed by atoms with Gasteiger partial charge in [0.1, 0.15) is 5.84 Å². The van der Waals surface area contributed by atoms with Crippen LogP contribution >= 0.6 is 0 Å². The number of amidine groups is 1. The minimum atomic E-state index is -3.58. The standard InChI is InChI=1S/C14H21N3O3S/c1-4-20-9-8-16-21(18,19)12-7-5-6-11-10(2)17-14(15-3)13(11)12/h5-7,10,16H,4,8-9H2,1-3H3,(H,15,17). The zero-order valence-electron chi connectivity index (χ0n) is 12.5. The highest BCUT2D eigenvalue weighted by Gasteiger charge is 2.30. The van der Waals surface area contributed by atoms with Gasteiger partial charge in [-0.2, -0.15) is 0 Å². The Balaban J connectivity index is 2.33. The summed E-state index contributed by atoms with van der Waals surface area (Å²) in [5.41, 5.74) is 1.61. The largest absolute Gasteiger partial charge is 0.380 e. The Bertz CT molecular complexity index is 641. The number of aliphatic imine (C=N–C) groups is 1. The van der Waals surface area contributed by atoms with Gasteiger partial charge in [0.05, 0.1) is 17.5 Å². The Morgan fingerprint density at radius 3 is 2.86 bits per heavy atom. The summed E-state index contributed by atoms with van der Waals surface area (Å²) in [6, 6.07) is 5.33. The van der Waals surface area contributed by atoms with Crippen LogP contribution in [0.2, 0.25) is 0 Å². The van der Waals surface area contributed by atoms with E-state index in [2.05, 4.69) is 15.0 Å². The lowest BCUT2D eigenvalue weighted by Gasteiger charge is -2.11. The lowest BCUT2D eigenvalue weighted by Crippen LogP contribution is -2.29. The summed E-state index contributed by atoms with van der Waals surface area (Å²) in [5.74, 6) is 0.614. The van der Waals surface area contributed by atoms with E-state index in [4.69, 9.17) is 4.74 Å². The Kier molecular flexibility index (Phi) is 4.97. The van der Waals surface area contributed by atoms with Crippen LogP contribution in [-0.2, 0) is 14.8 Å². The van der Waals surface area contributed by atoms with Crippen LogP contribution < -0.4 is 10.0 Å². The topological polar surface area (TPSA) is 79.8 Å². The Morgan fingerprint density at radius 1 is 1.43 bits per heavy atom. The van der Waals surface area contributed by atoms with Crippen molar-refractivity contribution in [3.8, 4) is 0 Å². The highest BCUT2D eigenvalue weighted by molar-refractivity contribution is 7.89. The fourth-order valence-electron chi connectivity index (χ4n) is 2.39. The van der Waals surface area contributed by atoms with Gasteiger partial charge in [0.15, 0.2) is 0 Å². The maximum Gasteiger partial charge on any atom is 0.241 e. The van der Waals surface area contributed by atoms with Gasteiger partial charge in [0.25, 0.3) is 0 Å². The van der Waals surface area contributed by atoms with Gasteiger partial charge in [-0.3, -0.25) is 4.99 Å². The van der Waals surface area contributed by atoms with Crippen molar-refractivity contribution in [2.45, 2.75) is 24.8 Å².